The maximum atomic E-state index is 12.9. The second-order valence-corrected chi connectivity index (χ2v) is 9.87. The van der Waals surface area contributed by atoms with E-state index < -0.39 is 0 Å². The molecule has 2 N–H and O–H groups in total. The third kappa shape index (κ3) is 4.92. The summed E-state index contributed by atoms with van der Waals surface area (Å²) in [4.78, 5) is 22.7. The van der Waals surface area contributed by atoms with Crippen molar-refractivity contribution in [2.75, 3.05) is 44.3 Å². The van der Waals surface area contributed by atoms with Crippen molar-refractivity contribution in [3.05, 3.63) is 58.6 Å². The van der Waals surface area contributed by atoms with Crippen molar-refractivity contribution in [3.63, 3.8) is 0 Å². The van der Waals surface area contributed by atoms with Crippen molar-refractivity contribution in [2.24, 2.45) is 5.73 Å². The lowest BCUT2D eigenvalue weighted by Gasteiger charge is -2.30. The number of pyridine rings is 1. The number of hydrogen-bond donors (Lipinski definition) is 1. The van der Waals surface area contributed by atoms with E-state index >= 15 is 0 Å². The van der Waals surface area contributed by atoms with Crippen LogP contribution in [0.4, 0.5) is 5.82 Å². The Labute approximate surface area is 202 Å². The van der Waals surface area contributed by atoms with Crippen LogP contribution < -0.4 is 10.6 Å². The van der Waals surface area contributed by atoms with Crippen molar-refractivity contribution >= 4 is 34.7 Å². The molecule has 8 heteroatoms. The van der Waals surface area contributed by atoms with Crippen LogP contribution in [0.3, 0.4) is 0 Å². The van der Waals surface area contributed by atoms with Crippen molar-refractivity contribution in [1.29, 1.82) is 0 Å². The van der Waals surface area contributed by atoms with Crippen LogP contribution in [-0.4, -0.2) is 61.2 Å². The van der Waals surface area contributed by atoms with Crippen LogP contribution in [0.25, 0.3) is 21.6 Å². The minimum absolute atomic E-state index is 0.00275. The van der Waals surface area contributed by atoms with Crippen molar-refractivity contribution in [2.45, 2.75) is 18.9 Å². The molecule has 2 aliphatic rings. The molecule has 4 heterocycles. The quantitative estimate of drug-likeness (QED) is 0.591. The summed E-state index contributed by atoms with van der Waals surface area (Å²) < 4.78 is 5.45. The van der Waals surface area contributed by atoms with Crippen LogP contribution in [0.1, 0.15) is 23.2 Å². The second kappa shape index (κ2) is 9.81. The van der Waals surface area contributed by atoms with E-state index in [1.165, 1.54) is 0 Å². The number of hydrogen-bond acceptors (Lipinski definition) is 6. The number of benzene rings is 1. The van der Waals surface area contributed by atoms with Gasteiger partial charge in [0.2, 0.25) is 0 Å². The van der Waals surface area contributed by atoms with Gasteiger partial charge in [-0.2, -0.15) is 0 Å². The SMILES string of the molecule is NC1CCCN(C(=O)c2ccc(-c3csc(-c4ccnc(N5CCOCC5)c4)c3)c(Cl)c2)C1. The number of nitrogens with two attached hydrogens (primary N) is 1. The van der Waals surface area contributed by atoms with Crippen LogP contribution in [0.5, 0.6) is 0 Å². The molecule has 2 aromatic heterocycles. The lowest BCUT2D eigenvalue weighted by atomic mass is 10.0. The molecule has 0 aliphatic carbocycles. The maximum Gasteiger partial charge on any atom is 0.253 e. The van der Waals surface area contributed by atoms with Gasteiger partial charge in [-0.15, -0.1) is 11.3 Å². The van der Waals surface area contributed by atoms with E-state index in [1.54, 1.807) is 17.4 Å². The third-order valence-electron chi connectivity index (χ3n) is 6.24. The van der Waals surface area contributed by atoms with Crippen LogP contribution in [0.2, 0.25) is 5.02 Å². The van der Waals surface area contributed by atoms with Crippen molar-refractivity contribution in [1.82, 2.24) is 9.88 Å². The number of piperidine rings is 1. The maximum absolute atomic E-state index is 12.9. The fraction of sp³-hybridized carbons (Fsp3) is 0.360. The molecule has 1 unspecified atom stereocenters. The average Bonchev–Trinajstić information content (AvgIpc) is 3.34. The Hall–Kier alpha value is -2.45. The Morgan fingerprint density at radius 1 is 1.12 bits per heavy atom. The highest BCUT2D eigenvalue weighted by atomic mass is 35.5. The summed E-state index contributed by atoms with van der Waals surface area (Å²) in [6, 6.07) is 12.0. The Morgan fingerprint density at radius 3 is 2.76 bits per heavy atom. The molecule has 0 saturated carbocycles. The molecule has 172 valence electrons. The number of ether oxygens (including phenoxy) is 1. The molecule has 1 atom stereocenters. The van der Waals surface area contributed by atoms with E-state index in [-0.39, 0.29) is 11.9 Å². The summed E-state index contributed by atoms with van der Waals surface area (Å²) in [6.07, 6.45) is 3.77. The average molecular weight is 483 g/mol. The first kappa shape index (κ1) is 22.3. The molecule has 1 amide bonds. The van der Waals surface area contributed by atoms with Crippen LogP contribution in [-0.2, 0) is 4.74 Å². The summed E-state index contributed by atoms with van der Waals surface area (Å²) in [5.41, 5.74) is 9.75. The summed E-state index contributed by atoms with van der Waals surface area (Å²) in [5.74, 6) is 0.973. The molecular formula is C25H27ClN4O2S. The molecule has 0 radical (unpaired) electrons. The number of amides is 1. The van der Waals surface area contributed by atoms with Crippen molar-refractivity contribution in [3.8, 4) is 21.6 Å². The lowest BCUT2D eigenvalue weighted by Crippen LogP contribution is -2.45. The van der Waals surface area contributed by atoms with Crippen LogP contribution in [0.15, 0.2) is 48.0 Å². The lowest BCUT2D eigenvalue weighted by molar-refractivity contribution is 0.0709. The van der Waals surface area contributed by atoms with Gasteiger partial charge in [-0.05, 0) is 59.7 Å². The molecular weight excluding hydrogens is 456 g/mol. The van der Waals surface area contributed by atoms with E-state index in [2.05, 4.69) is 27.4 Å². The molecule has 3 aromatic rings. The number of nitrogens with zero attached hydrogens (tertiary/aromatic N) is 3. The Kier molecular flexibility index (Phi) is 6.64. The number of thiophene rings is 1. The van der Waals surface area contributed by atoms with Gasteiger partial charge in [-0.25, -0.2) is 4.98 Å². The summed E-state index contributed by atoms with van der Waals surface area (Å²) >= 11 is 8.31. The van der Waals surface area contributed by atoms with E-state index in [4.69, 9.17) is 22.1 Å². The summed E-state index contributed by atoms with van der Waals surface area (Å²) in [5, 5.41) is 2.69. The summed E-state index contributed by atoms with van der Waals surface area (Å²) in [7, 11) is 0. The zero-order chi connectivity index (χ0) is 22.8. The smallest absolute Gasteiger partial charge is 0.253 e. The fourth-order valence-electron chi connectivity index (χ4n) is 4.43. The Balaban J connectivity index is 1.35. The Morgan fingerprint density at radius 2 is 1.97 bits per heavy atom. The van der Waals surface area contributed by atoms with Gasteiger partial charge in [0, 0.05) is 59.4 Å². The predicted molar refractivity (Wildman–Crippen MR) is 134 cm³/mol. The predicted octanol–water partition coefficient (Wildman–Crippen LogP) is 4.53. The molecule has 33 heavy (non-hydrogen) atoms. The zero-order valence-corrected chi connectivity index (χ0v) is 19.9. The number of morpholine rings is 1. The molecule has 2 saturated heterocycles. The topological polar surface area (TPSA) is 71.7 Å². The van der Waals surface area contributed by atoms with E-state index in [1.807, 2.05) is 29.3 Å². The van der Waals surface area contributed by atoms with Gasteiger partial charge in [0.1, 0.15) is 5.82 Å². The molecule has 6 nitrogen and oxygen atoms in total. The highest BCUT2D eigenvalue weighted by Crippen LogP contribution is 2.37. The van der Waals surface area contributed by atoms with Crippen molar-refractivity contribution < 1.29 is 9.53 Å². The van der Waals surface area contributed by atoms with Gasteiger partial charge in [0.15, 0.2) is 0 Å². The molecule has 0 bridgehead atoms. The van der Waals surface area contributed by atoms with Gasteiger partial charge in [0.25, 0.3) is 5.91 Å². The molecule has 0 spiro atoms. The summed E-state index contributed by atoms with van der Waals surface area (Å²) in [6.45, 7) is 4.53. The molecule has 2 fully saturated rings. The van der Waals surface area contributed by atoms with Gasteiger partial charge >= 0.3 is 0 Å². The third-order valence-corrected chi connectivity index (χ3v) is 7.53. The first-order valence-corrected chi connectivity index (χ1v) is 12.6. The number of carbonyl (C=O) groups excluding carboxylic acids is 1. The highest BCUT2D eigenvalue weighted by Gasteiger charge is 2.23. The van der Waals surface area contributed by atoms with Gasteiger partial charge < -0.3 is 20.3 Å². The first-order valence-electron chi connectivity index (χ1n) is 11.3. The number of rotatable bonds is 4. The number of aromatic nitrogens is 1. The normalized spacial score (nSPS) is 19.0. The zero-order valence-electron chi connectivity index (χ0n) is 18.4. The number of halogens is 1. The van der Waals surface area contributed by atoms with Gasteiger partial charge in [-0.3, -0.25) is 4.79 Å². The molecule has 1 aromatic carbocycles. The van der Waals surface area contributed by atoms with Gasteiger partial charge in [0.05, 0.1) is 13.2 Å². The minimum atomic E-state index is -0.00275. The number of likely N-dealkylation sites (tertiary alicyclic amines) is 1. The first-order chi connectivity index (χ1) is 16.1. The second-order valence-electron chi connectivity index (χ2n) is 8.55. The standard InChI is InChI=1S/C25H27ClN4O2S/c26-22-12-18(25(31)30-7-1-2-20(27)15-30)3-4-21(22)19-13-23(33-16-19)17-5-6-28-24(14-17)29-8-10-32-11-9-29/h3-6,12-14,16,20H,1-2,7-11,15,27H2. The van der Waals surface area contributed by atoms with E-state index in [0.29, 0.717) is 17.1 Å². The minimum Gasteiger partial charge on any atom is -0.378 e. The number of anilines is 1. The largest absolute Gasteiger partial charge is 0.378 e. The van der Waals surface area contributed by atoms with E-state index in [0.717, 1.165) is 73.1 Å². The monoisotopic (exact) mass is 482 g/mol. The van der Waals surface area contributed by atoms with Crippen LogP contribution in [0, 0.1) is 0 Å². The molecule has 2 aliphatic heterocycles. The Bertz CT molecular complexity index is 1140. The van der Waals surface area contributed by atoms with Crippen LogP contribution >= 0.6 is 22.9 Å². The van der Waals surface area contributed by atoms with Gasteiger partial charge in [-0.1, -0.05) is 17.7 Å². The number of carbonyl (C=O) groups is 1. The van der Waals surface area contributed by atoms with E-state index in [9.17, 15) is 4.79 Å². The highest BCUT2D eigenvalue weighted by molar-refractivity contribution is 7.14. The molecule has 5 rings (SSSR count). The fourth-order valence-corrected chi connectivity index (χ4v) is 5.62.